The number of likely N-dealkylation sites (tertiary alicyclic amines) is 1. The van der Waals surface area contributed by atoms with E-state index >= 15 is 0 Å². The monoisotopic (exact) mass is 383 g/mol. The summed E-state index contributed by atoms with van der Waals surface area (Å²) in [5, 5.41) is 4.16. The number of hydrogen-bond donors (Lipinski definition) is 0. The Balaban J connectivity index is 1.23. The van der Waals surface area contributed by atoms with Gasteiger partial charge in [-0.2, -0.15) is 4.98 Å². The first-order valence-electron chi connectivity index (χ1n) is 10.4. The lowest BCUT2D eigenvalue weighted by Gasteiger charge is -2.18. The number of ether oxygens (including phenoxy) is 1. The summed E-state index contributed by atoms with van der Waals surface area (Å²) >= 11 is 0. The summed E-state index contributed by atoms with van der Waals surface area (Å²) in [6.07, 6.45) is 5.29. The third-order valence-electron chi connectivity index (χ3n) is 5.91. The second kappa shape index (κ2) is 8.86. The number of aryl methyl sites for hydroxylation is 2. The Morgan fingerprint density at radius 3 is 2.93 bits per heavy atom. The second-order valence-electron chi connectivity index (χ2n) is 8.13. The smallest absolute Gasteiger partial charge is 0.229 e. The Morgan fingerprint density at radius 2 is 2.11 bits per heavy atom. The van der Waals surface area contributed by atoms with Crippen molar-refractivity contribution in [2.45, 2.75) is 51.4 Å². The molecule has 0 spiro atoms. The topological polar surface area (TPSA) is 68.5 Å². The summed E-state index contributed by atoms with van der Waals surface area (Å²) in [6, 6.07) is 8.21. The van der Waals surface area contributed by atoms with E-state index in [1.165, 1.54) is 5.56 Å². The molecule has 4 rings (SSSR count). The zero-order chi connectivity index (χ0) is 19.3. The summed E-state index contributed by atoms with van der Waals surface area (Å²) in [7, 11) is 0. The van der Waals surface area contributed by atoms with Gasteiger partial charge in [-0.15, -0.1) is 0 Å². The van der Waals surface area contributed by atoms with Gasteiger partial charge < -0.3 is 14.2 Å². The van der Waals surface area contributed by atoms with Crippen LogP contribution in [0.5, 0.6) is 0 Å². The summed E-state index contributed by atoms with van der Waals surface area (Å²) in [5.74, 6) is 2.66. The quantitative estimate of drug-likeness (QED) is 0.766. The molecule has 6 heteroatoms. The van der Waals surface area contributed by atoms with E-state index in [9.17, 15) is 4.79 Å². The molecule has 1 atom stereocenters. The Morgan fingerprint density at radius 1 is 1.25 bits per heavy atom. The highest BCUT2D eigenvalue weighted by Crippen LogP contribution is 2.26. The highest BCUT2D eigenvalue weighted by Gasteiger charge is 2.27. The molecule has 0 saturated carbocycles. The first kappa shape index (κ1) is 19.1. The summed E-state index contributed by atoms with van der Waals surface area (Å²) < 4.78 is 10.9. The van der Waals surface area contributed by atoms with Gasteiger partial charge in [-0.25, -0.2) is 0 Å². The molecule has 2 fully saturated rings. The molecule has 3 heterocycles. The number of carbonyl (C=O) groups excluding carboxylic acids is 1. The van der Waals surface area contributed by atoms with Crippen molar-refractivity contribution in [3.63, 3.8) is 0 Å². The summed E-state index contributed by atoms with van der Waals surface area (Å²) in [4.78, 5) is 19.2. The first-order chi connectivity index (χ1) is 13.7. The van der Waals surface area contributed by atoms with E-state index < -0.39 is 0 Å². The molecule has 28 heavy (non-hydrogen) atoms. The molecular formula is C22H29N3O3. The zero-order valence-corrected chi connectivity index (χ0v) is 16.6. The molecule has 1 aromatic carbocycles. The molecule has 0 N–H and O–H groups in total. The van der Waals surface area contributed by atoms with Gasteiger partial charge in [-0.3, -0.25) is 4.79 Å². The van der Waals surface area contributed by atoms with Crippen LogP contribution < -0.4 is 0 Å². The van der Waals surface area contributed by atoms with E-state index in [1.54, 1.807) is 0 Å². The molecule has 2 aliphatic rings. The molecule has 1 aromatic heterocycles. The van der Waals surface area contributed by atoms with Gasteiger partial charge in [0.2, 0.25) is 11.8 Å². The number of benzene rings is 1. The predicted octanol–water partition coefficient (Wildman–Crippen LogP) is 3.30. The van der Waals surface area contributed by atoms with Gasteiger partial charge in [0.05, 0.1) is 6.42 Å². The van der Waals surface area contributed by atoms with E-state index in [2.05, 4.69) is 29.2 Å². The van der Waals surface area contributed by atoms with E-state index in [0.717, 1.165) is 75.7 Å². The van der Waals surface area contributed by atoms with Crippen LogP contribution in [0.4, 0.5) is 0 Å². The Hall–Kier alpha value is -2.21. The largest absolute Gasteiger partial charge is 0.381 e. The highest BCUT2D eigenvalue weighted by molar-refractivity contribution is 5.79. The minimum Gasteiger partial charge on any atom is -0.381 e. The first-order valence-corrected chi connectivity index (χ1v) is 10.4. The third-order valence-corrected chi connectivity index (χ3v) is 5.91. The fraction of sp³-hybridized carbons (Fsp3) is 0.591. The molecule has 1 unspecified atom stereocenters. The number of hydrogen-bond acceptors (Lipinski definition) is 5. The number of aromatic nitrogens is 2. The van der Waals surface area contributed by atoms with Crippen LogP contribution in [0, 0.1) is 12.8 Å². The number of amides is 1. The van der Waals surface area contributed by atoms with Crippen LogP contribution in [0.25, 0.3) is 0 Å². The minimum absolute atomic E-state index is 0.231. The average Bonchev–Trinajstić information content (AvgIpc) is 3.37. The maximum Gasteiger partial charge on any atom is 0.229 e. The number of rotatable bonds is 6. The van der Waals surface area contributed by atoms with Crippen LogP contribution in [0.3, 0.4) is 0 Å². The molecule has 0 bridgehead atoms. The van der Waals surface area contributed by atoms with Gasteiger partial charge in [0.25, 0.3) is 0 Å². The molecule has 0 aliphatic carbocycles. The number of carbonyl (C=O) groups is 1. The van der Waals surface area contributed by atoms with Crippen LogP contribution in [-0.2, 0) is 22.4 Å². The maximum absolute atomic E-state index is 12.6. The molecule has 150 valence electrons. The lowest BCUT2D eigenvalue weighted by Crippen LogP contribution is -2.30. The van der Waals surface area contributed by atoms with Gasteiger partial charge in [-0.1, -0.05) is 35.0 Å². The van der Waals surface area contributed by atoms with E-state index in [1.807, 2.05) is 17.0 Å². The van der Waals surface area contributed by atoms with Crippen LogP contribution >= 0.6 is 0 Å². The van der Waals surface area contributed by atoms with E-state index in [-0.39, 0.29) is 5.91 Å². The summed E-state index contributed by atoms with van der Waals surface area (Å²) in [5.41, 5.74) is 2.30. The number of nitrogens with zero attached hydrogens (tertiary/aromatic N) is 3. The SMILES string of the molecule is Cc1cccc(CC(=O)N2CCC(CCc3noc(C4CCOCC4)n3)C2)c1. The van der Waals surface area contributed by atoms with Gasteiger partial charge in [0, 0.05) is 38.6 Å². The zero-order valence-electron chi connectivity index (χ0n) is 16.6. The molecule has 6 nitrogen and oxygen atoms in total. The van der Waals surface area contributed by atoms with Crippen molar-refractivity contribution in [2.24, 2.45) is 5.92 Å². The highest BCUT2D eigenvalue weighted by atomic mass is 16.5. The van der Waals surface area contributed by atoms with Crippen molar-refractivity contribution in [1.82, 2.24) is 15.0 Å². The lowest BCUT2D eigenvalue weighted by atomic mass is 10.0. The van der Waals surface area contributed by atoms with Crippen LogP contribution in [0.1, 0.15) is 54.4 Å². The molecule has 0 radical (unpaired) electrons. The van der Waals surface area contributed by atoms with Crippen molar-refractivity contribution in [3.8, 4) is 0 Å². The maximum atomic E-state index is 12.6. The lowest BCUT2D eigenvalue weighted by molar-refractivity contribution is -0.129. The second-order valence-corrected chi connectivity index (χ2v) is 8.13. The van der Waals surface area contributed by atoms with E-state index in [0.29, 0.717) is 18.3 Å². The van der Waals surface area contributed by atoms with Crippen LogP contribution in [-0.4, -0.2) is 47.3 Å². The van der Waals surface area contributed by atoms with Gasteiger partial charge in [0.15, 0.2) is 5.82 Å². The minimum atomic E-state index is 0.231. The third kappa shape index (κ3) is 4.79. The average molecular weight is 383 g/mol. The molecule has 1 amide bonds. The fourth-order valence-corrected chi connectivity index (χ4v) is 4.22. The van der Waals surface area contributed by atoms with Gasteiger partial charge in [0.1, 0.15) is 0 Å². The Labute approximate surface area is 166 Å². The summed E-state index contributed by atoms with van der Waals surface area (Å²) in [6.45, 7) is 5.31. The molecule has 2 saturated heterocycles. The standard InChI is InChI=1S/C22H29N3O3/c1-16-3-2-4-18(13-16)14-21(26)25-10-7-17(15-25)5-6-20-23-22(28-24-20)19-8-11-27-12-9-19/h2-4,13,17,19H,5-12,14-15H2,1H3. The van der Waals surface area contributed by atoms with Crippen molar-refractivity contribution in [3.05, 3.63) is 47.1 Å². The van der Waals surface area contributed by atoms with Crippen molar-refractivity contribution in [1.29, 1.82) is 0 Å². The van der Waals surface area contributed by atoms with Crippen molar-refractivity contribution >= 4 is 5.91 Å². The molecular weight excluding hydrogens is 354 g/mol. The van der Waals surface area contributed by atoms with Crippen LogP contribution in [0.2, 0.25) is 0 Å². The molecule has 2 aliphatic heterocycles. The van der Waals surface area contributed by atoms with E-state index in [4.69, 9.17) is 9.26 Å². The van der Waals surface area contributed by atoms with Crippen LogP contribution in [0.15, 0.2) is 28.8 Å². The van der Waals surface area contributed by atoms with Gasteiger partial charge in [-0.05, 0) is 44.1 Å². The molecule has 2 aromatic rings. The predicted molar refractivity (Wildman–Crippen MR) is 105 cm³/mol. The van der Waals surface area contributed by atoms with Crippen molar-refractivity contribution < 1.29 is 14.1 Å². The normalized spacial score (nSPS) is 20.6. The fourth-order valence-electron chi connectivity index (χ4n) is 4.22. The van der Waals surface area contributed by atoms with Crippen molar-refractivity contribution in [2.75, 3.05) is 26.3 Å². The Kier molecular flexibility index (Phi) is 6.05. The Bertz CT molecular complexity index is 798. The van der Waals surface area contributed by atoms with Gasteiger partial charge >= 0.3 is 0 Å².